The summed E-state index contributed by atoms with van der Waals surface area (Å²) in [5.41, 5.74) is 2.29. The lowest BCUT2D eigenvalue weighted by Gasteiger charge is -2.25. The maximum absolute atomic E-state index is 13.1. The second kappa shape index (κ2) is 8.35. The van der Waals surface area contributed by atoms with E-state index in [1.807, 2.05) is 60.9 Å². The lowest BCUT2D eigenvalue weighted by atomic mass is 9.96. The fraction of sp³-hybridized carbons (Fsp3) is 0.292. The van der Waals surface area contributed by atoms with Gasteiger partial charge in [-0.25, -0.2) is 0 Å². The molecule has 1 atom stereocenters. The van der Waals surface area contributed by atoms with Crippen LogP contribution >= 0.6 is 0 Å². The Bertz CT molecular complexity index is 1160. The van der Waals surface area contributed by atoms with Gasteiger partial charge in [0.05, 0.1) is 11.6 Å². The standard InChI is InChI=1S/C24H26N4O3/c1-26(2)12-7-13-28-21(16-8-6-11-25-14-16)20(23(30)24(28)31)22(29)18-15-27(3)19-10-5-4-9-17(18)19/h4-6,8-11,14-15,21,29H,7,12-13H2,1-3H3/t21-/m0/s1. The van der Waals surface area contributed by atoms with Crippen LogP contribution in [0.2, 0.25) is 0 Å². The fourth-order valence-corrected chi connectivity index (χ4v) is 4.23. The number of hydrogen-bond acceptors (Lipinski definition) is 5. The molecule has 1 N–H and O–H groups in total. The number of carbonyl (C=O) groups is 2. The summed E-state index contributed by atoms with van der Waals surface area (Å²) in [6.07, 6.45) is 5.79. The second-order valence-electron chi connectivity index (χ2n) is 8.11. The summed E-state index contributed by atoms with van der Waals surface area (Å²) in [6.45, 7) is 1.20. The van der Waals surface area contributed by atoms with Gasteiger partial charge in [0.25, 0.3) is 11.7 Å². The number of aliphatic hydroxyl groups is 1. The SMILES string of the molecule is CN(C)CCCN1C(=O)C(=O)C(=C(O)c2cn(C)c3ccccc23)[C@@H]1c1cccnc1. The Morgan fingerprint density at radius 2 is 1.94 bits per heavy atom. The van der Waals surface area contributed by atoms with E-state index < -0.39 is 17.7 Å². The van der Waals surface area contributed by atoms with E-state index in [4.69, 9.17) is 0 Å². The molecule has 3 heterocycles. The van der Waals surface area contributed by atoms with Gasteiger partial charge in [0, 0.05) is 48.6 Å². The lowest BCUT2D eigenvalue weighted by Crippen LogP contribution is -2.32. The van der Waals surface area contributed by atoms with E-state index in [1.54, 1.807) is 29.6 Å². The van der Waals surface area contributed by atoms with Gasteiger partial charge in [0.2, 0.25) is 0 Å². The van der Waals surface area contributed by atoms with Gasteiger partial charge in [0.1, 0.15) is 5.76 Å². The lowest BCUT2D eigenvalue weighted by molar-refractivity contribution is -0.139. The largest absolute Gasteiger partial charge is 0.507 e. The fourth-order valence-electron chi connectivity index (χ4n) is 4.23. The molecule has 2 aromatic heterocycles. The Hall–Kier alpha value is -3.45. The Labute approximate surface area is 181 Å². The van der Waals surface area contributed by atoms with E-state index >= 15 is 0 Å². The molecule has 1 saturated heterocycles. The summed E-state index contributed by atoms with van der Waals surface area (Å²) in [5.74, 6) is -1.40. The van der Waals surface area contributed by atoms with Gasteiger partial charge in [0.15, 0.2) is 0 Å². The van der Waals surface area contributed by atoms with Crippen LogP contribution in [0.4, 0.5) is 0 Å². The van der Waals surface area contributed by atoms with Gasteiger partial charge in [-0.1, -0.05) is 24.3 Å². The minimum Gasteiger partial charge on any atom is -0.507 e. The average Bonchev–Trinajstić information content (AvgIpc) is 3.23. The van der Waals surface area contributed by atoms with Crippen molar-refractivity contribution < 1.29 is 14.7 Å². The zero-order valence-electron chi connectivity index (χ0n) is 17.9. The highest BCUT2D eigenvalue weighted by molar-refractivity contribution is 6.46. The Morgan fingerprint density at radius 3 is 2.65 bits per heavy atom. The normalized spacial score (nSPS) is 18.5. The number of Topliss-reactive ketones (excluding diaryl/α,β-unsaturated/α-hetero) is 1. The molecule has 0 radical (unpaired) electrons. The van der Waals surface area contributed by atoms with E-state index in [0.717, 1.165) is 17.4 Å². The van der Waals surface area contributed by atoms with Gasteiger partial charge in [-0.3, -0.25) is 14.6 Å². The van der Waals surface area contributed by atoms with Crippen LogP contribution in [0.1, 0.15) is 23.6 Å². The number of ketones is 1. The van der Waals surface area contributed by atoms with Crippen LogP contribution in [-0.4, -0.2) is 63.3 Å². The first kappa shape index (κ1) is 20.8. The van der Waals surface area contributed by atoms with Crippen LogP contribution in [0, 0.1) is 0 Å². The number of rotatable bonds is 6. The monoisotopic (exact) mass is 418 g/mol. The Kier molecular flexibility index (Phi) is 5.61. The van der Waals surface area contributed by atoms with E-state index in [0.29, 0.717) is 24.1 Å². The molecule has 1 aromatic carbocycles. The number of para-hydroxylation sites is 1. The number of nitrogens with zero attached hydrogens (tertiary/aromatic N) is 4. The third kappa shape index (κ3) is 3.72. The summed E-state index contributed by atoms with van der Waals surface area (Å²) >= 11 is 0. The number of hydrogen-bond donors (Lipinski definition) is 1. The van der Waals surface area contributed by atoms with Crippen LogP contribution in [0.15, 0.2) is 60.6 Å². The molecule has 4 rings (SSSR count). The van der Waals surface area contributed by atoms with Crippen molar-refractivity contribution in [1.29, 1.82) is 0 Å². The molecule has 31 heavy (non-hydrogen) atoms. The number of benzene rings is 1. The summed E-state index contributed by atoms with van der Waals surface area (Å²) in [7, 11) is 5.82. The summed E-state index contributed by atoms with van der Waals surface area (Å²) < 4.78 is 1.90. The number of fused-ring (bicyclic) bond motifs is 1. The van der Waals surface area contributed by atoms with Gasteiger partial charge in [-0.05, 0) is 44.8 Å². The highest BCUT2D eigenvalue weighted by atomic mass is 16.3. The molecule has 3 aromatic rings. The molecule has 0 unspecified atom stereocenters. The summed E-state index contributed by atoms with van der Waals surface area (Å²) in [4.78, 5) is 33.8. The average molecular weight is 418 g/mol. The van der Waals surface area contributed by atoms with Crippen LogP contribution in [0.5, 0.6) is 0 Å². The number of aromatic nitrogens is 2. The maximum atomic E-state index is 13.1. The van der Waals surface area contributed by atoms with Gasteiger partial charge in [-0.15, -0.1) is 0 Å². The molecule has 0 spiro atoms. The molecule has 0 bridgehead atoms. The minimum atomic E-state index is -0.671. The van der Waals surface area contributed by atoms with Crippen molar-refractivity contribution in [3.8, 4) is 0 Å². The van der Waals surface area contributed by atoms with Crippen molar-refractivity contribution in [2.45, 2.75) is 12.5 Å². The highest BCUT2D eigenvalue weighted by Crippen LogP contribution is 2.40. The van der Waals surface area contributed by atoms with Gasteiger partial charge >= 0.3 is 0 Å². The number of likely N-dealkylation sites (tertiary alicyclic amines) is 1. The molecule has 7 nitrogen and oxygen atoms in total. The van der Waals surface area contributed by atoms with E-state index in [1.165, 1.54) is 0 Å². The first-order chi connectivity index (χ1) is 14.9. The zero-order chi connectivity index (χ0) is 22.1. The molecular weight excluding hydrogens is 392 g/mol. The minimum absolute atomic E-state index is 0.110. The molecule has 1 aliphatic rings. The predicted octanol–water partition coefficient (Wildman–Crippen LogP) is 2.95. The van der Waals surface area contributed by atoms with Gasteiger partial charge in [-0.2, -0.15) is 0 Å². The van der Waals surface area contributed by atoms with E-state index in [2.05, 4.69) is 4.98 Å². The van der Waals surface area contributed by atoms with Crippen LogP contribution in [0.3, 0.4) is 0 Å². The zero-order valence-corrected chi connectivity index (χ0v) is 17.9. The van der Waals surface area contributed by atoms with Crippen molar-refractivity contribution in [2.75, 3.05) is 27.2 Å². The quantitative estimate of drug-likeness (QED) is 0.378. The second-order valence-corrected chi connectivity index (χ2v) is 8.11. The van der Waals surface area contributed by atoms with Crippen LogP contribution in [-0.2, 0) is 16.6 Å². The summed E-state index contributed by atoms with van der Waals surface area (Å²) in [5, 5.41) is 12.1. The predicted molar refractivity (Wildman–Crippen MR) is 119 cm³/mol. The van der Waals surface area contributed by atoms with Gasteiger partial charge < -0.3 is 19.5 Å². The highest BCUT2D eigenvalue weighted by Gasteiger charge is 2.46. The Balaban J connectivity index is 1.85. The van der Waals surface area contributed by atoms with E-state index in [-0.39, 0.29) is 11.3 Å². The van der Waals surface area contributed by atoms with Crippen molar-refractivity contribution >= 4 is 28.4 Å². The molecule has 0 aliphatic carbocycles. The molecule has 1 amide bonds. The molecule has 7 heteroatoms. The third-order valence-electron chi connectivity index (χ3n) is 5.70. The Morgan fingerprint density at radius 1 is 1.16 bits per heavy atom. The number of pyridine rings is 1. The summed E-state index contributed by atoms with van der Waals surface area (Å²) in [6, 6.07) is 10.6. The molecule has 1 fully saturated rings. The van der Waals surface area contributed by atoms with Crippen LogP contribution < -0.4 is 0 Å². The molecular formula is C24H26N4O3. The van der Waals surface area contributed by atoms with Crippen molar-refractivity contribution in [1.82, 2.24) is 19.4 Å². The number of aryl methyl sites for hydroxylation is 1. The molecule has 1 aliphatic heterocycles. The van der Waals surface area contributed by atoms with Crippen molar-refractivity contribution in [2.24, 2.45) is 7.05 Å². The molecule has 160 valence electrons. The third-order valence-corrected chi connectivity index (χ3v) is 5.70. The van der Waals surface area contributed by atoms with E-state index in [9.17, 15) is 14.7 Å². The first-order valence-corrected chi connectivity index (χ1v) is 10.3. The first-order valence-electron chi connectivity index (χ1n) is 10.3. The van der Waals surface area contributed by atoms with Crippen LogP contribution in [0.25, 0.3) is 16.7 Å². The number of carbonyl (C=O) groups excluding carboxylic acids is 2. The molecule has 0 saturated carbocycles. The van der Waals surface area contributed by atoms with Crippen molar-refractivity contribution in [3.05, 3.63) is 71.7 Å². The topological polar surface area (TPSA) is 78.7 Å². The van der Waals surface area contributed by atoms with Crippen molar-refractivity contribution in [3.63, 3.8) is 0 Å². The number of aliphatic hydroxyl groups excluding tert-OH is 1. The smallest absolute Gasteiger partial charge is 0.295 e. The maximum Gasteiger partial charge on any atom is 0.295 e. The number of amides is 1.